The summed E-state index contributed by atoms with van der Waals surface area (Å²) >= 11 is 0. The smallest absolute Gasteiger partial charge is 0.119 e. The number of phenolic OH excluding ortho intramolecular Hbond substituents is 1. The molecule has 0 saturated heterocycles. The second kappa shape index (κ2) is 4.69. The lowest BCUT2D eigenvalue weighted by Gasteiger charge is -2.29. The van der Waals surface area contributed by atoms with E-state index in [2.05, 4.69) is 32.2 Å². The predicted molar refractivity (Wildman–Crippen MR) is 71.4 cm³/mol. The standard InChI is InChI=1S/C15H23NO/c1-15(2,3)16-10-11-7-8-12-5-4-6-14(17)13(12)9-11/h4-6,11,16-17H,7-10H2,1-3H3. The molecule has 0 bridgehead atoms. The van der Waals surface area contributed by atoms with E-state index in [0.717, 1.165) is 19.4 Å². The van der Waals surface area contributed by atoms with Gasteiger partial charge in [0.1, 0.15) is 5.75 Å². The molecule has 1 atom stereocenters. The Morgan fingerprint density at radius 2 is 2.12 bits per heavy atom. The summed E-state index contributed by atoms with van der Waals surface area (Å²) < 4.78 is 0. The molecule has 1 aliphatic rings. The van der Waals surface area contributed by atoms with Crippen molar-refractivity contribution in [2.24, 2.45) is 5.92 Å². The Morgan fingerprint density at radius 1 is 1.35 bits per heavy atom. The molecule has 0 spiro atoms. The molecule has 1 aliphatic carbocycles. The van der Waals surface area contributed by atoms with Gasteiger partial charge in [-0.05, 0) is 69.7 Å². The number of fused-ring (bicyclic) bond motifs is 1. The topological polar surface area (TPSA) is 32.3 Å². The van der Waals surface area contributed by atoms with E-state index >= 15 is 0 Å². The van der Waals surface area contributed by atoms with Crippen molar-refractivity contribution < 1.29 is 5.11 Å². The summed E-state index contributed by atoms with van der Waals surface area (Å²) in [6.07, 6.45) is 3.32. The fourth-order valence-electron chi connectivity index (χ4n) is 2.47. The van der Waals surface area contributed by atoms with Gasteiger partial charge >= 0.3 is 0 Å². The van der Waals surface area contributed by atoms with E-state index in [1.807, 2.05) is 6.07 Å². The Balaban J connectivity index is 2.01. The number of rotatable bonds is 2. The monoisotopic (exact) mass is 233 g/mol. The number of aromatic hydroxyl groups is 1. The molecule has 1 aromatic rings. The highest BCUT2D eigenvalue weighted by Crippen LogP contribution is 2.31. The van der Waals surface area contributed by atoms with Crippen molar-refractivity contribution in [3.8, 4) is 5.75 Å². The number of hydrogen-bond donors (Lipinski definition) is 2. The molecule has 94 valence electrons. The highest BCUT2D eigenvalue weighted by atomic mass is 16.3. The molecule has 2 rings (SSSR count). The SMILES string of the molecule is CC(C)(C)NCC1CCc2cccc(O)c2C1. The Hall–Kier alpha value is -1.02. The number of nitrogens with one attached hydrogen (secondary N) is 1. The van der Waals surface area contributed by atoms with E-state index in [1.165, 1.54) is 17.5 Å². The number of phenols is 1. The van der Waals surface area contributed by atoms with E-state index < -0.39 is 0 Å². The van der Waals surface area contributed by atoms with Crippen LogP contribution in [-0.4, -0.2) is 17.2 Å². The molecule has 0 fully saturated rings. The van der Waals surface area contributed by atoms with Crippen molar-refractivity contribution in [1.82, 2.24) is 5.32 Å². The van der Waals surface area contributed by atoms with Crippen LogP contribution < -0.4 is 5.32 Å². The third kappa shape index (κ3) is 3.22. The minimum absolute atomic E-state index is 0.180. The lowest BCUT2D eigenvalue weighted by molar-refractivity contribution is 0.344. The summed E-state index contributed by atoms with van der Waals surface area (Å²) in [5, 5.41) is 13.4. The summed E-state index contributed by atoms with van der Waals surface area (Å²) in [6.45, 7) is 7.63. The number of benzene rings is 1. The molecular formula is C15H23NO. The van der Waals surface area contributed by atoms with Gasteiger partial charge in [-0.2, -0.15) is 0 Å². The van der Waals surface area contributed by atoms with Crippen LogP contribution in [0.3, 0.4) is 0 Å². The zero-order valence-corrected chi connectivity index (χ0v) is 11.1. The van der Waals surface area contributed by atoms with Crippen molar-refractivity contribution >= 4 is 0 Å². The van der Waals surface area contributed by atoms with Gasteiger partial charge in [-0.1, -0.05) is 12.1 Å². The molecule has 2 nitrogen and oxygen atoms in total. The molecule has 2 heteroatoms. The third-order valence-corrected chi connectivity index (χ3v) is 3.48. The summed E-state index contributed by atoms with van der Waals surface area (Å²) in [6, 6.07) is 5.89. The molecule has 0 heterocycles. The molecule has 2 N–H and O–H groups in total. The van der Waals surface area contributed by atoms with Crippen molar-refractivity contribution in [3.63, 3.8) is 0 Å². The zero-order chi connectivity index (χ0) is 12.5. The van der Waals surface area contributed by atoms with Crippen molar-refractivity contribution in [2.75, 3.05) is 6.54 Å². The summed E-state index contributed by atoms with van der Waals surface area (Å²) in [5.41, 5.74) is 2.68. The normalized spacial score (nSPS) is 20.1. The minimum Gasteiger partial charge on any atom is -0.508 e. The van der Waals surface area contributed by atoms with Crippen LogP contribution in [0, 0.1) is 5.92 Å². The molecule has 0 saturated carbocycles. The van der Waals surface area contributed by atoms with Crippen molar-refractivity contribution in [1.29, 1.82) is 0 Å². The first kappa shape index (κ1) is 12.4. The highest BCUT2D eigenvalue weighted by Gasteiger charge is 2.22. The third-order valence-electron chi connectivity index (χ3n) is 3.48. The molecule has 0 aliphatic heterocycles. The minimum atomic E-state index is 0.180. The fourth-order valence-corrected chi connectivity index (χ4v) is 2.47. The van der Waals surface area contributed by atoms with Crippen LogP contribution in [0.4, 0.5) is 0 Å². The molecule has 1 unspecified atom stereocenters. The Bertz CT molecular complexity index is 392. The second-order valence-corrected chi connectivity index (χ2v) is 6.15. The average molecular weight is 233 g/mol. The maximum Gasteiger partial charge on any atom is 0.119 e. The molecule has 0 aromatic heterocycles. The fraction of sp³-hybridized carbons (Fsp3) is 0.600. The Labute approximate surface area is 104 Å². The van der Waals surface area contributed by atoms with Crippen LogP contribution >= 0.6 is 0 Å². The molecule has 0 radical (unpaired) electrons. The zero-order valence-electron chi connectivity index (χ0n) is 11.1. The lowest BCUT2D eigenvalue weighted by Crippen LogP contribution is -2.40. The van der Waals surface area contributed by atoms with Crippen LogP contribution in [0.2, 0.25) is 0 Å². The molecule has 0 amide bonds. The van der Waals surface area contributed by atoms with Crippen LogP contribution in [0.1, 0.15) is 38.3 Å². The first-order valence-electron chi connectivity index (χ1n) is 6.50. The molecular weight excluding hydrogens is 210 g/mol. The van der Waals surface area contributed by atoms with E-state index in [9.17, 15) is 5.11 Å². The molecule has 17 heavy (non-hydrogen) atoms. The predicted octanol–water partition coefficient (Wildman–Crippen LogP) is 2.89. The Kier molecular flexibility index (Phi) is 3.43. The van der Waals surface area contributed by atoms with Gasteiger partial charge in [0.2, 0.25) is 0 Å². The van der Waals surface area contributed by atoms with E-state index in [-0.39, 0.29) is 5.54 Å². The van der Waals surface area contributed by atoms with Crippen LogP contribution in [0.25, 0.3) is 0 Å². The van der Waals surface area contributed by atoms with E-state index in [4.69, 9.17) is 0 Å². The number of hydrogen-bond acceptors (Lipinski definition) is 2. The van der Waals surface area contributed by atoms with Gasteiger partial charge in [0.25, 0.3) is 0 Å². The summed E-state index contributed by atoms with van der Waals surface area (Å²) in [5.74, 6) is 1.12. The number of aryl methyl sites for hydroxylation is 1. The van der Waals surface area contributed by atoms with Crippen LogP contribution in [0.5, 0.6) is 5.75 Å². The van der Waals surface area contributed by atoms with Gasteiger partial charge < -0.3 is 10.4 Å². The van der Waals surface area contributed by atoms with Crippen LogP contribution in [0.15, 0.2) is 18.2 Å². The van der Waals surface area contributed by atoms with Crippen molar-refractivity contribution in [2.45, 2.75) is 45.6 Å². The largest absolute Gasteiger partial charge is 0.508 e. The van der Waals surface area contributed by atoms with E-state index in [1.54, 1.807) is 6.07 Å². The van der Waals surface area contributed by atoms with Gasteiger partial charge in [-0.3, -0.25) is 0 Å². The van der Waals surface area contributed by atoms with Crippen LogP contribution in [-0.2, 0) is 12.8 Å². The van der Waals surface area contributed by atoms with Gasteiger partial charge in [0.05, 0.1) is 0 Å². The Morgan fingerprint density at radius 3 is 2.82 bits per heavy atom. The van der Waals surface area contributed by atoms with Gasteiger partial charge in [0, 0.05) is 5.54 Å². The summed E-state index contributed by atoms with van der Waals surface area (Å²) in [4.78, 5) is 0. The molecule has 1 aromatic carbocycles. The second-order valence-electron chi connectivity index (χ2n) is 6.15. The quantitative estimate of drug-likeness (QED) is 0.823. The average Bonchev–Trinajstić information content (AvgIpc) is 2.26. The van der Waals surface area contributed by atoms with Gasteiger partial charge in [-0.25, -0.2) is 0 Å². The maximum absolute atomic E-state index is 9.88. The first-order chi connectivity index (χ1) is 7.96. The lowest BCUT2D eigenvalue weighted by atomic mass is 9.83. The summed E-state index contributed by atoms with van der Waals surface area (Å²) in [7, 11) is 0. The highest BCUT2D eigenvalue weighted by molar-refractivity contribution is 5.41. The van der Waals surface area contributed by atoms with Crippen molar-refractivity contribution in [3.05, 3.63) is 29.3 Å². The van der Waals surface area contributed by atoms with Gasteiger partial charge in [0.15, 0.2) is 0 Å². The van der Waals surface area contributed by atoms with Gasteiger partial charge in [-0.15, -0.1) is 0 Å². The first-order valence-corrected chi connectivity index (χ1v) is 6.50. The van der Waals surface area contributed by atoms with E-state index in [0.29, 0.717) is 11.7 Å². The maximum atomic E-state index is 9.88.